The largest absolute Gasteiger partial charge is 0.574 e. The first kappa shape index (κ1) is 15.1. The van der Waals surface area contributed by atoms with Gasteiger partial charge in [-0.2, -0.15) is 0 Å². The highest BCUT2D eigenvalue weighted by Gasteiger charge is 2.33. The summed E-state index contributed by atoms with van der Waals surface area (Å²) in [5.74, 6) is -2.95. The molecule has 0 bridgehead atoms. The van der Waals surface area contributed by atoms with E-state index in [4.69, 9.17) is 10.8 Å². The SMILES string of the molecule is NCc1cc(OC(F)(F)F)nc(C(F)F)c1C(=O)O. The van der Waals surface area contributed by atoms with Gasteiger partial charge in [0.15, 0.2) is 0 Å². The van der Waals surface area contributed by atoms with Crippen molar-refractivity contribution in [2.45, 2.75) is 19.3 Å². The number of aromatic nitrogens is 1. The minimum Gasteiger partial charge on any atom is -0.478 e. The third-order valence-electron chi connectivity index (χ3n) is 1.97. The highest BCUT2D eigenvalue weighted by atomic mass is 19.4. The van der Waals surface area contributed by atoms with Crippen LogP contribution in [0.15, 0.2) is 6.07 Å². The van der Waals surface area contributed by atoms with Crippen molar-refractivity contribution >= 4 is 5.97 Å². The van der Waals surface area contributed by atoms with Crippen LogP contribution < -0.4 is 10.5 Å². The van der Waals surface area contributed by atoms with Crippen LogP contribution in [0.5, 0.6) is 5.88 Å². The Morgan fingerprint density at radius 3 is 2.42 bits per heavy atom. The molecule has 0 aliphatic rings. The summed E-state index contributed by atoms with van der Waals surface area (Å²) >= 11 is 0. The van der Waals surface area contributed by atoms with Gasteiger partial charge in [-0.25, -0.2) is 18.6 Å². The summed E-state index contributed by atoms with van der Waals surface area (Å²) in [5.41, 5.74) is 2.44. The lowest BCUT2D eigenvalue weighted by molar-refractivity contribution is -0.276. The van der Waals surface area contributed by atoms with Crippen molar-refractivity contribution in [3.8, 4) is 5.88 Å². The number of aromatic carboxylic acids is 1. The molecule has 0 fully saturated rings. The Morgan fingerprint density at radius 1 is 1.47 bits per heavy atom. The van der Waals surface area contributed by atoms with E-state index >= 15 is 0 Å². The predicted octanol–water partition coefficient (Wildman–Crippen LogP) is 2.07. The van der Waals surface area contributed by atoms with Gasteiger partial charge in [-0.05, 0) is 5.56 Å². The van der Waals surface area contributed by atoms with E-state index in [-0.39, 0.29) is 0 Å². The van der Waals surface area contributed by atoms with Gasteiger partial charge in [-0.3, -0.25) is 0 Å². The van der Waals surface area contributed by atoms with Crippen molar-refractivity contribution in [1.29, 1.82) is 0 Å². The molecule has 106 valence electrons. The summed E-state index contributed by atoms with van der Waals surface area (Å²) < 4.78 is 64.5. The molecule has 1 aromatic heterocycles. The summed E-state index contributed by atoms with van der Waals surface area (Å²) in [6.07, 6.45) is -8.52. The highest BCUT2D eigenvalue weighted by Crippen LogP contribution is 2.29. The third-order valence-corrected chi connectivity index (χ3v) is 1.97. The van der Waals surface area contributed by atoms with Crippen LogP contribution in [0.25, 0.3) is 0 Å². The average Bonchev–Trinajstić information content (AvgIpc) is 2.24. The van der Waals surface area contributed by atoms with E-state index in [0.717, 1.165) is 0 Å². The maximum Gasteiger partial charge on any atom is 0.574 e. The van der Waals surface area contributed by atoms with E-state index in [1.165, 1.54) is 0 Å². The molecule has 0 aromatic carbocycles. The second-order valence-corrected chi connectivity index (χ2v) is 3.24. The molecule has 0 spiro atoms. The minimum absolute atomic E-state index is 0.433. The third kappa shape index (κ3) is 3.74. The zero-order chi connectivity index (χ0) is 14.8. The standard InChI is InChI=1S/C9H7F5N2O3/c10-7(11)6-5(8(17)18)3(2-15)1-4(16-6)19-9(12,13)14/h1,7H,2,15H2,(H,17,18). The van der Waals surface area contributed by atoms with Crippen molar-refractivity contribution in [2.75, 3.05) is 0 Å². The number of carboxylic acid groups (broad SMARTS) is 1. The second-order valence-electron chi connectivity index (χ2n) is 3.24. The van der Waals surface area contributed by atoms with Crippen LogP contribution in [0.2, 0.25) is 0 Å². The van der Waals surface area contributed by atoms with Gasteiger partial charge in [0.05, 0.1) is 5.56 Å². The number of nitrogens with two attached hydrogens (primary N) is 1. The van der Waals surface area contributed by atoms with Crippen LogP contribution in [-0.4, -0.2) is 22.4 Å². The molecule has 1 rings (SSSR count). The molecule has 1 aromatic rings. The molecule has 0 unspecified atom stereocenters. The van der Waals surface area contributed by atoms with Crippen LogP contribution in [0.3, 0.4) is 0 Å². The van der Waals surface area contributed by atoms with Gasteiger partial charge in [0.1, 0.15) is 5.69 Å². The Kier molecular flexibility index (Phi) is 4.24. The first-order valence-electron chi connectivity index (χ1n) is 4.66. The zero-order valence-electron chi connectivity index (χ0n) is 9.04. The maximum atomic E-state index is 12.6. The van der Waals surface area contributed by atoms with Crippen molar-refractivity contribution in [2.24, 2.45) is 5.73 Å². The van der Waals surface area contributed by atoms with E-state index in [1.807, 2.05) is 0 Å². The molecule has 5 nitrogen and oxygen atoms in total. The number of hydrogen-bond donors (Lipinski definition) is 2. The Balaban J connectivity index is 3.40. The zero-order valence-corrected chi connectivity index (χ0v) is 9.04. The predicted molar refractivity (Wildman–Crippen MR) is 50.7 cm³/mol. The van der Waals surface area contributed by atoms with E-state index in [1.54, 1.807) is 0 Å². The van der Waals surface area contributed by atoms with Gasteiger partial charge < -0.3 is 15.6 Å². The van der Waals surface area contributed by atoms with Crippen molar-refractivity contribution in [3.05, 3.63) is 22.9 Å². The summed E-state index contributed by atoms with van der Waals surface area (Å²) in [6, 6.07) is 0.558. The smallest absolute Gasteiger partial charge is 0.478 e. The normalized spacial score (nSPS) is 11.7. The van der Waals surface area contributed by atoms with Crippen LogP contribution in [0, 0.1) is 0 Å². The van der Waals surface area contributed by atoms with Crippen LogP contribution in [-0.2, 0) is 6.54 Å². The number of rotatable bonds is 4. The molecule has 3 N–H and O–H groups in total. The molecule has 19 heavy (non-hydrogen) atoms. The number of carbonyl (C=O) groups is 1. The van der Waals surface area contributed by atoms with E-state index in [0.29, 0.717) is 6.07 Å². The van der Waals surface area contributed by atoms with Gasteiger partial charge in [0, 0.05) is 12.6 Å². The number of nitrogens with zero attached hydrogens (tertiary/aromatic N) is 1. The van der Waals surface area contributed by atoms with E-state index in [9.17, 15) is 26.7 Å². The number of halogens is 5. The molecular weight excluding hydrogens is 279 g/mol. The molecular formula is C9H7F5N2O3. The molecule has 0 aliphatic carbocycles. The molecule has 0 amide bonds. The quantitative estimate of drug-likeness (QED) is 0.828. The maximum absolute atomic E-state index is 12.6. The second kappa shape index (κ2) is 5.34. The molecule has 0 aliphatic heterocycles. The van der Waals surface area contributed by atoms with Gasteiger partial charge >= 0.3 is 12.3 Å². The summed E-state index contributed by atoms with van der Waals surface area (Å²) in [7, 11) is 0. The Labute approximate surface area is 102 Å². The Morgan fingerprint density at radius 2 is 2.05 bits per heavy atom. The van der Waals surface area contributed by atoms with Crippen molar-refractivity contribution < 1.29 is 36.6 Å². The lowest BCUT2D eigenvalue weighted by Gasteiger charge is -2.13. The lowest BCUT2D eigenvalue weighted by atomic mass is 10.1. The topological polar surface area (TPSA) is 85.4 Å². The van der Waals surface area contributed by atoms with Crippen LogP contribution in [0.1, 0.15) is 28.0 Å². The highest BCUT2D eigenvalue weighted by molar-refractivity contribution is 5.91. The molecule has 0 atom stereocenters. The lowest BCUT2D eigenvalue weighted by Crippen LogP contribution is -2.20. The van der Waals surface area contributed by atoms with Gasteiger partial charge in [-0.15, -0.1) is 13.2 Å². The van der Waals surface area contributed by atoms with Gasteiger partial charge in [0.25, 0.3) is 6.43 Å². The van der Waals surface area contributed by atoms with E-state index in [2.05, 4.69) is 9.72 Å². The molecule has 0 radical (unpaired) electrons. The van der Waals surface area contributed by atoms with Crippen molar-refractivity contribution in [3.63, 3.8) is 0 Å². The fourth-order valence-electron chi connectivity index (χ4n) is 1.33. The monoisotopic (exact) mass is 286 g/mol. The minimum atomic E-state index is -5.14. The number of ether oxygens (including phenoxy) is 1. The Bertz CT molecular complexity index is 489. The van der Waals surface area contributed by atoms with E-state index < -0.39 is 48.0 Å². The molecule has 0 saturated carbocycles. The molecule has 0 saturated heterocycles. The van der Waals surface area contributed by atoms with Gasteiger partial charge in [0.2, 0.25) is 5.88 Å². The number of alkyl halides is 5. The summed E-state index contributed by atoms with van der Waals surface area (Å²) in [5, 5.41) is 8.76. The van der Waals surface area contributed by atoms with Crippen LogP contribution in [0.4, 0.5) is 22.0 Å². The van der Waals surface area contributed by atoms with Crippen molar-refractivity contribution in [1.82, 2.24) is 4.98 Å². The Hall–Kier alpha value is -1.97. The molecule has 1 heterocycles. The first-order chi connectivity index (χ1) is 8.65. The fraction of sp³-hybridized carbons (Fsp3) is 0.333. The first-order valence-corrected chi connectivity index (χ1v) is 4.66. The number of carboxylic acids is 1. The number of hydrogen-bond acceptors (Lipinski definition) is 4. The van der Waals surface area contributed by atoms with Gasteiger partial charge in [-0.1, -0.05) is 0 Å². The molecule has 10 heteroatoms. The summed E-state index contributed by atoms with van der Waals surface area (Å²) in [4.78, 5) is 13.7. The summed E-state index contributed by atoms with van der Waals surface area (Å²) in [6.45, 7) is -0.557. The fourth-order valence-corrected chi connectivity index (χ4v) is 1.33. The van der Waals surface area contributed by atoms with Crippen LogP contribution >= 0.6 is 0 Å². The number of pyridine rings is 1. The average molecular weight is 286 g/mol.